The first kappa shape index (κ1) is 9.71. The Morgan fingerprint density at radius 1 is 1.67 bits per heavy atom. The van der Waals surface area contributed by atoms with E-state index in [1.807, 2.05) is 24.3 Å². The second kappa shape index (κ2) is 4.13. The molecule has 0 spiro atoms. The average Bonchev–Trinajstić information content (AvgIpc) is 2.94. The molecule has 1 aliphatic carbocycles. The van der Waals surface area contributed by atoms with Crippen LogP contribution in [0.5, 0.6) is 0 Å². The maximum Gasteiger partial charge on any atom is 0.404 e. The molecule has 1 aromatic heterocycles. The van der Waals surface area contributed by atoms with Crippen LogP contribution in [0, 0.1) is 5.92 Å². The number of hydrogen-bond acceptors (Lipinski definition) is 2. The molecule has 1 saturated carbocycles. The van der Waals surface area contributed by atoms with Crippen molar-refractivity contribution >= 4 is 12.2 Å². The molecule has 1 aromatic rings. The lowest BCUT2D eigenvalue weighted by Crippen LogP contribution is -2.24. The summed E-state index contributed by atoms with van der Waals surface area (Å²) in [6, 6.07) is 3.93. The zero-order valence-electron chi connectivity index (χ0n) is 8.13. The summed E-state index contributed by atoms with van der Waals surface area (Å²) in [7, 11) is 0. The van der Waals surface area contributed by atoms with Crippen LogP contribution >= 0.6 is 0 Å². The number of carbonyl (C=O) groups is 1. The highest BCUT2D eigenvalue weighted by molar-refractivity contribution is 5.65. The van der Waals surface area contributed by atoms with Crippen molar-refractivity contribution in [3.8, 4) is 0 Å². The van der Waals surface area contributed by atoms with E-state index < -0.39 is 6.09 Å². The largest absolute Gasteiger partial charge is 0.465 e. The fourth-order valence-corrected chi connectivity index (χ4v) is 1.46. The Hall–Kier alpha value is -1.84. The summed E-state index contributed by atoms with van der Waals surface area (Å²) < 4.78 is 0. The van der Waals surface area contributed by atoms with Gasteiger partial charge in [0.15, 0.2) is 0 Å². The van der Waals surface area contributed by atoms with Gasteiger partial charge in [0.1, 0.15) is 0 Å². The van der Waals surface area contributed by atoms with E-state index in [9.17, 15) is 4.79 Å². The van der Waals surface area contributed by atoms with Gasteiger partial charge in [0.05, 0.1) is 0 Å². The van der Waals surface area contributed by atoms with E-state index in [1.54, 1.807) is 12.4 Å². The van der Waals surface area contributed by atoms with Gasteiger partial charge in [-0.05, 0) is 24.0 Å². The van der Waals surface area contributed by atoms with Gasteiger partial charge in [-0.15, -0.1) is 0 Å². The van der Waals surface area contributed by atoms with Crippen molar-refractivity contribution in [2.75, 3.05) is 0 Å². The van der Waals surface area contributed by atoms with Crippen LogP contribution < -0.4 is 5.32 Å². The third-order valence-electron chi connectivity index (χ3n) is 2.37. The third-order valence-corrected chi connectivity index (χ3v) is 2.37. The van der Waals surface area contributed by atoms with Crippen LogP contribution in [-0.2, 0) is 0 Å². The maximum atomic E-state index is 10.3. The Kier molecular flexibility index (Phi) is 2.67. The molecule has 4 nitrogen and oxygen atoms in total. The maximum absolute atomic E-state index is 10.3. The molecule has 2 N–H and O–H groups in total. The number of carboxylic acid groups (broad SMARTS) is 1. The van der Waals surface area contributed by atoms with Crippen molar-refractivity contribution in [3.05, 3.63) is 36.2 Å². The second-order valence-corrected chi connectivity index (χ2v) is 3.60. The number of hydrogen-bond donors (Lipinski definition) is 2. The quantitative estimate of drug-likeness (QED) is 0.788. The minimum Gasteiger partial charge on any atom is -0.465 e. The summed E-state index contributed by atoms with van der Waals surface area (Å²) in [5, 5.41) is 10.9. The van der Waals surface area contributed by atoms with Gasteiger partial charge in [-0.25, -0.2) is 4.79 Å². The van der Waals surface area contributed by atoms with Crippen LogP contribution in [-0.4, -0.2) is 22.2 Å². The molecule has 1 aliphatic rings. The first-order chi connectivity index (χ1) is 7.25. The highest BCUT2D eigenvalue weighted by Crippen LogP contribution is 2.32. The van der Waals surface area contributed by atoms with Crippen molar-refractivity contribution in [2.45, 2.75) is 12.5 Å². The molecule has 78 valence electrons. The van der Waals surface area contributed by atoms with Crippen LogP contribution in [0.15, 0.2) is 30.6 Å². The number of nitrogens with zero attached hydrogens (tertiary/aromatic N) is 1. The van der Waals surface area contributed by atoms with Crippen molar-refractivity contribution in [2.24, 2.45) is 5.92 Å². The van der Waals surface area contributed by atoms with Crippen LogP contribution in [0.4, 0.5) is 4.79 Å². The van der Waals surface area contributed by atoms with Crippen molar-refractivity contribution in [1.82, 2.24) is 10.3 Å². The van der Waals surface area contributed by atoms with Gasteiger partial charge >= 0.3 is 6.09 Å². The zero-order chi connectivity index (χ0) is 10.7. The highest BCUT2D eigenvalue weighted by Gasteiger charge is 2.35. The number of amides is 1. The normalized spacial score (nSPS) is 24.0. The molecule has 0 aliphatic heterocycles. The van der Waals surface area contributed by atoms with E-state index in [4.69, 9.17) is 5.11 Å². The lowest BCUT2D eigenvalue weighted by atomic mass is 10.2. The Morgan fingerprint density at radius 2 is 2.53 bits per heavy atom. The first-order valence-corrected chi connectivity index (χ1v) is 4.83. The van der Waals surface area contributed by atoms with E-state index >= 15 is 0 Å². The smallest absolute Gasteiger partial charge is 0.404 e. The second-order valence-electron chi connectivity index (χ2n) is 3.60. The summed E-state index contributed by atoms with van der Waals surface area (Å²) >= 11 is 0. The van der Waals surface area contributed by atoms with Crippen LogP contribution in [0.25, 0.3) is 6.08 Å². The van der Waals surface area contributed by atoms with Crippen LogP contribution in [0.3, 0.4) is 0 Å². The molecule has 0 aromatic carbocycles. The molecular formula is C11H12N2O2. The van der Waals surface area contributed by atoms with Crippen molar-refractivity contribution < 1.29 is 9.90 Å². The molecule has 1 amide bonds. The molecule has 1 fully saturated rings. The highest BCUT2D eigenvalue weighted by atomic mass is 16.4. The van der Waals surface area contributed by atoms with Gasteiger partial charge in [-0.2, -0.15) is 0 Å². The third kappa shape index (κ3) is 2.80. The Balaban J connectivity index is 1.85. The van der Waals surface area contributed by atoms with E-state index in [1.165, 1.54) is 0 Å². The van der Waals surface area contributed by atoms with Crippen LogP contribution in [0.2, 0.25) is 0 Å². The topological polar surface area (TPSA) is 62.2 Å². The number of aromatic nitrogens is 1. The zero-order valence-corrected chi connectivity index (χ0v) is 8.13. The van der Waals surface area contributed by atoms with Crippen LogP contribution in [0.1, 0.15) is 12.0 Å². The standard InChI is InChI=1S/C11H12N2O2/c14-11(15)13-10-6-9(10)4-3-8-2-1-5-12-7-8/h1-5,7,9-10,13H,6H2,(H,14,15)/b4-3+. The summed E-state index contributed by atoms with van der Waals surface area (Å²) in [6.07, 6.45) is 7.45. The predicted octanol–water partition coefficient (Wildman–Crippen LogP) is 1.75. The van der Waals surface area contributed by atoms with E-state index in [2.05, 4.69) is 10.3 Å². The molecule has 0 radical (unpaired) electrons. The minimum atomic E-state index is -0.947. The first-order valence-electron chi connectivity index (χ1n) is 4.83. The van der Waals surface area contributed by atoms with Crippen molar-refractivity contribution in [1.29, 1.82) is 0 Å². The Bertz CT molecular complexity index is 375. The number of pyridine rings is 1. The molecule has 2 atom stereocenters. The molecule has 4 heteroatoms. The average molecular weight is 204 g/mol. The minimum absolute atomic E-state index is 0.0930. The molecule has 0 saturated heterocycles. The number of nitrogens with one attached hydrogen (secondary N) is 1. The predicted molar refractivity (Wildman–Crippen MR) is 56.3 cm³/mol. The molecule has 0 bridgehead atoms. The summed E-state index contributed by atoms with van der Waals surface area (Å²) in [5.41, 5.74) is 1.04. The van der Waals surface area contributed by atoms with E-state index in [0.717, 1.165) is 12.0 Å². The summed E-state index contributed by atoms with van der Waals surface area (Å²) in [6.45, 7) is 0. The fourth-order valence-electron chi connectivity index (χ4n) is 1.46. The van der Waals surface area contributed by atoms with Gasteiger partial charge in [-0.1, -0.05) is 18.2 Å². The summed E-state index contributed by atoms with van der Waals surface area (Å²) in [4.78, 5) is 14.3. The van der Waals surface area contributed by atoms with E-state index in [0.29, 0.717) is 5.92 Å². The molecule has 1 heterocycles. The Labute approximate surface area is 87.7 Å². The van der Waals surface area contributed by atoms with Gasteiger partial charge in [0.2, 0.25) is 0 Å². The lowest BCUT2D eigenvalue weighted by Gasteiger charge is -1.95. The van der Waals surface area contributed by atoms with Gasteiger partial charge in [0, 0.05) is 18.4 Å². The molecule has 15 heavy (non-hydrogen) atoms. The lowest BCUT2D eigenvalue weighted by molar-refractivity contribution is 0.193. The van der Waals surface area contributed by atoms with Gasteiger partial charge in [-0.3, -0.25) is 4.98 Å². The summed E-state index contributed by atoms with van der Waals surface area (Å²) in [5.74, 6) is 0.335. The van der Waals surface area contributed by atoms with Crippen molar-refractivity contribution in [3.63, 3.8) is 0 Å². The van der Waals surface area contributed by atoms with Gasteiger partial charge < -0.3 is 10.4 Å². The monoisotopic (exact) mass is 204 g/mol. The Morgan fingerprint density at radius 3 is 3.20 bits per heavy atom. The molecular weight excluding hydrogens is 192 g/mol. The van der Waals surface area contributed by atoms with E-state index in [-0.39, 0.29) is 6.04 Å². The fraction of sp³-hybridized carbons (Fsp3) is 0.273. The SMILES string of the molecule is O=C(O)NC1CC1/C=C/c1cccnc1. The van der Waals surface area contributed by atoms with Gasteiger partial charge in [0.25, 0.3) is 0 Å². The molecule has 2 unspecified atom stereocenters. The molecule has 2 rings (SSSR count). The number of rotatable bonds is 3.